The van der Waals surface area contributed by atoms with Crippen molar-refractivity contribution >= 4 is 24.0 Å². The Morgan fingerprint density at radius 2 is 1.82 bits per heavy atom. The normalized spacial score (nSPS) is 18.0. The molecule has 3 rings (SSSR count). The molecule has 0 amide bonds. The van der Waals surface area contributed by atoms with E-state index in [2.05, 4.69) is 5.32 Å². The zero-order chi connectivity index (χ0) is 19.3. The van der Waals surface area contributed by atoms with Crippen LogP contribution in [-0.2, 0) is 10.2 Å². The molecule has 0 aromatic heterocycles. The summed E-state index contributed by atoms with van der Waals surface area (Å²) in [4.78, 5) is 0. The molecule has 0 bridgehead atoms. The molecule has 2 atom stereocenters. The van der Waals surface area contributed by atoms with E-state index >= 15 is 0 Å². The third-order valence-corrected chi connectivity index (χ3v) is 5.39. The van der Waals surface area contributed by atoms with Gasteiger partial charge in [-0.15, -0.1) is 12.4 Å². The minimum atomic E-state index is -0.744. The van der Waals surface area contributed by atoms with E-state index < -0.39 is 12.3 Å². The largest absolute Gasteiger partial charge is 0.471 e. The van der Waals surface area contributed by atoms with Crippen molar-refractivity contribution in [2.24, 2.45) is 0 Å². The lowest BCUT2D eigenvalue weighted by Crippen LogP contribution is -2.51. The van der Waals surface area contributed by atoms with Gasteiger partial charge < -0.3 is 14.6 Å². The maximum Gasteiger partial charge on any atom is 0.176 e. The lowest BCUT2D eigenvalue weighted by atomic mass is 9.74. The van der Waals surface area contributed by atoms with E-state index in [-0.39, 0.29) is 23.6 Å². The molecular formula is C21H26Cl2FNO3. The number of aliphatic hydroxyl groups is 1. The van der Waals surface area contributed by atoms with Crippen molar-refractivity contribution in [1.82, 2.24) is 5.32 Å². The molecule has 154 valence electrons. The average Bonchev–Trinajstić information content (AvgIpc) is 2.67. The molecule has 1 fully saturated rings. The van der Waals surface area contributed by atoms with Crippen LogP contribution in [0.4, 0.5) is 4.39 Å². The first-order valence-corrected chi connectivity index (χ1v) is 9.54. The number of halogens is 3. The monoisotopic (exact) mass is 429 g/mol. The molecule has 2 unspecified atom stereocenters. The molecule has 2 aromatic carbocycles. The Morgan fingerprint density at radius 1 is 1.18 bits per heavy atom. The van der Waals surface area contributed by atoms with Crippen LogP contribution < -0.4 is 10.1 Å². The quantitative estimate of drug-likeness (QED) is 0.643. The lowest BCUT2D eigenvalue weighted by molar-refractivity contribution is 0.00927. The van der Waals surface area contributed by atoms with Crippen LogP contribution in [-0.4, -0.2) is 37.2 Å². The molecule has 2 N–H and O–H groups in total. The average molecular weight is 430 g/mol. The van der Waals surface area contributed by atoms with Crippen LogP contribution >= 0.6 is 24.0 Å². The molecule has 4 nitrogen and oxygen atoms in total. The summed E-state index contributed by atoms with van der Waals surface area (Å²) in [6.07, 6.45) is 0.255. The van der Waals surface area contributed by atoms with Gasteiger partial charge in [-0.25, -0.2) is 4.39 Å². The molecule has 1 aliphatic rings. The Kier molecular flexibility index (Phi) is 8.53. The van der Waals surface area contributed by atoms with Crippen LogP contribution in [0.15, 0.2) is 48.5 Å². The highest BCUT2D eigenvalue weighted by molar-refractivity contribution is 6.32. The van der Waals surface area contributed by atoms with Crippen molar-refractivity contribution in [3.05, 3.63) is 64.9 Å². The van der Waals surface area contributed by atoms with Crippen molar-refractivity contribution in [2.45, 2.75) is 37.5 Å². The second-order valence-electron chi connectivity index (χ2n) is 6.99. The fraction of sp³-hybridized carbons (Fsp3) is 0.429. The zero-order valence-electron chi connectivity index (χ0n) is 15.7. The molecule has 2 aromatic rings. The Bertz CT molecular complexity index is 737. The highest BCUT2D eigenvalue weighted by Gasteiger charge is 2.35. The van der Waals surface area contributed by atoms with Gasteiger partial charge in [0.1, 0.15) is 17.7 Å². The summed E-state index contributed by atoms with van der Waals surface area (Å²) in [5, 5.41) is 14.0. The van der Waals surface area contributed by atoms with Crippen LogP contribution in [0.3, 0.4) is 0 Å². The van der Waals surface area contributed by atoms with E-state index in [1.54, 1.807) is 19.1 Å². The molecule has 1 heterocycles. The number of aliphatic hydroxyl groups excluding tert-OH is 1. The number of ether oxygens (including phenoxy) is 2. The Hall–Kier alpha value is -1.37. The van der Waals surface area contributed by atoms with Gasteiger partial charge in [0.05, 0.1) is 5.02 Å². The van der Waals surface area contributed by atoms with Gasteiger partial charge in [0.25, 0.3) is 0 Å². The molecule has 7 heteroatoms. The van der Waals surface area contributed by atoms with Crippen LogP contribution in [0.1, 0.15) is 25.3 Å². The van der Waals surface area contributed by atoms with E-state index in [1.807, 2.05) is 24.3 Å². The highest BCUT2D eigenvalue weighted by Crippen LogP contribution is 2.35. The second-order valence-corrected chi connectivity index (χ2v) is 7.40. The Labute approximate surface area is 176 Å². The van der Waals surface area contributed by atoms with Gasteiger partial charge in [0, 0.05) is 25.2 Å². The summed E-state index contributed by atoms with van der Waals surface area (Å²) in [5.74, 6) is 0.262. The highest BCUT2D eigenvalue weighted by atomic mass is 35.5. The zero-order valence-corrected chi connectivity index (χ0v) is 17.3. The molecule has 0 aliphatic carbocycles. The number of nitrogens with one attached hydrogen (secondary N) is 1. The maximum absolute atomic E-state index is 13.4. The molecule has 0 saturated carbocycles. The first kappa shape index (κ1) is 22.9. The van der Waals surface area contributed by atoms with Gasteiger partial charge in [0.2, 0.25) is 0 Å². The van der Waals surface area contributed by atoms with Crippen molar-refractivity contribution in [1.29, 1.82) is 0 Å². The molecule has 28 heavy (non-hydrogen) atoms. The fourth-order valence-corrected chi connectivity index (χ4v) is 3.60. The summed E-state index contributed by atoms with van der Waals surface area (Å²) in [7, 11) is 0. The van der Waals surface area contributed by atoms with E-state index in [0.717, 1.165) is 18.4 Å². The van der Waals surface area contributed by atoms with Crippen molar-refractivity contribution in [3.8, 4) is 5.75 Å². The molecule has 0 radical (unpaired) electrons. The third-order valence-electron chi connectivity index (χ3n) is 5.08. The van der Waals surface area contributed by atoms with E-state index in [0.29, 0.717) is 30.5 Å². The van der Waals surface area contributed by atoms with Crippen LogP contribution in [0.5, 0.6) is 5.75 Å². The minimum Gasteiger partial charge on any atom is -0.471 e. The predicted octanol–water partition coefficient (Wildman–Crippen LogP) is 4.32. The van der Waals surface area contributed by atoms with Crippen molar-refractivity contribution in [3.63, 3.8) is 0 Å². The molecule has 1 aliphatic heterocycles. The van der Waals surface area contributed by atoms with Gasteiger partial charge in [-0.3, -0.25) is 5.32 Å². The van der Waals surface area contributed by atoms with Crippen molar-refractivity contribution < 1.29 is 19.0 Å². The molecule has 1 saturated heterocycles. The number of rotatable bonds is 7. The summed E-state index contributed by atoms with van der Waals surface area (Å²) < 4.78 is 24.8. The number of para-hydroxylation sites is 1. The number of benzene rings is 2. The van der Waals surface area contributed by atoms with Gasteiger partial charge >= 0.3 is 0 Å². The summed E-state index contributed by atoms with van der Waals surface area (Å²) in [6.45, 7) is 3.53. The van der Waals surface area contributed by atoms with Crippen LogP contribution in [0, 0.1) is 5.82 Å². The number of hydrogen-bond donors (Lipinski definition) is 2. The summed E-state index contributed by atoms with van der Waals surface area (Å²) >= 11 is 6.17. The molecule has 0 spiro atoms. The third kappa shape index (κ3) is 5.58. The smallest absolute Gasteiger partial charge is 0.176 e. The van der Waals surface area contributed by atoms with E-state index in [1.165, 1.54) is 12.1 Å². The Morgan fingerprint density at radius 3 is 2.43 bits per heavy atom. The lowest BCUT2D eigenvalue weighted by Gasteiger charge is -2.39. The van der Waals surface area contributed by atoms with E-state index in [4.69, 9.17) is 21.1 Å². The number of hydrogen-bond acceptors (Lipinski definition) is 4. The maximum atomic E-state index is 13.4. The Balaban J connectivity index is 0.00000280. The van der Waals surface area contributed by atoms with Gasteiger partial charge in [-0.2, -0.15) is 0 Å². The topological polar surface area (TPSA) is 50.7 Å². The first-order chi connectivity index (χ1) is 13.0. The minimum absolute atomic E-state index is 0. The van der Waals surface area contributed by atoms with Gasteiger partial charge in [-0.05, 0) is 49.6 Å². The molecular weight excluding hydrogens is 404 g/mol. The van der Waals surface area contributed by atoms with Crippen LogP contribution in [0.2, 0.25) is 5.02 Å². The van der Waals surface area contributed by atoms with Crippen LogP contribution in [0.25, 0.3) is 0 Å². The van der Waals surface area contributed by atoms with Gasteiger partial charge in [0.15, 0.2) is 6.23 Å². The van der Waals surface area contributed by atoms with Gasteiger partial charge in [-0.1, -0.05) is 35.9 Å². The fourth-order valence-electron chi connectivity index (χ4n) is 3.42. The van der Waals surface area contributed by atoms with E-state index in [9.17, 15) is 9.50 Å². The first-order valence-electron chi connectivity index (χ1n) is 9.17. The summed E-state index contributed by atoms with van der Waals surface area (Å²) in [6, 6.07) is 13.8. The second kappa shape index (κ2) is 10.4. The summed E-state index contributed by atoms with van der Waals surface area (Å²) in [5.41, 5.74) is 0.852. The standard InChI is InChI=1S/C21H25ClFNO3.ClH/c1-15(25)20(27-19-5-3-2-4-18(19)22)24-14-21(10-12-26-13-11-21)16-6-8-17(23)9-7-16;/h2-9,15,20,24-25H,10-14H2,1H3;1H. The SMILES string of the molecule is CC(O)C(NCC1(c2ccc(F)cc2)CCOCC1)Oc1ccccc1Cl.Cl. The predicted molar refractivity (Wildman–Crippen MR) is 111 cm³/mol. The van der Waals surface area contributed by atoms with Crippen molar-refractivity contribution in [2.75, 3.05) is 19.8 Å².